The van der Waals surface area contributed by atoms with E-state index in [1.807, 2.05) is 38.1 Å². The lowest BCUT2D eigenvalue weighted by Gasteiger charge is -2.32. The highest BCUT2D eigenvalue weighted by Gasteiger charge is 2.32. The number of nitrogens with one attached hydrogen (secondary N) is 1. The van der Waals surface area contributed by atoms with Gasteiger partial charge in [0.1, 0.15) is 18.3 Å². The monoisotopic (exact) mass is 461 g/mol. The lowest BCUT2D eigenvalue weighted by atomic mass is 10.1. The number of nitrogens with zero attached hydrogens (tertiary/aromatic N) is 2. The molecule has 1 N–H and O–H groups in total. The van der Waals surface area contributed by atoms with E-state index >= 15 is 0 Å². The number of benzene rings is 2. The van der Waals surface area contributed by atoms with Crippen LogP contribution in [-0.2, 0) is 26.2 Å². The zero-order chi connectivity index (χ0) is 23.9. The third-order valence-corrected chi connectivity index (χ3v) is 6.23. The molecule has 0 aliphatic heterocycles. The molecular weight excluding hydrogens is 430 g/mol. The first kappa shape index (κ1) is 25.2. The van der Waals surface area contributed by atoms with Gasteiger partial charge in [0, 0.05) is 13.6 Å². The molecule has 174 valence electrons. The minimum absolute atomic E-state index is 0.177. The highest BCUT2D eigenvalue weighted by atomic mass is 32.2. The van der Waals surface area contributed by atoms with Crippen LogP contribution in [0.5, 0.6) is 5.75 Å². The highest BCUT2D eigenvalue weighted by molar-refractivity contribution is 7.92. The number of rotatable bonds is 10. The molecule has 0 bridgehead atoms. The molecular formula is C23H31N3O5S. The van der Waals surface area contributed by atoms with Crippen LogP contribution in [0.2, 0.25) is 0 Å². The Kier molecular flexibility index (Phi) is 8.65. The number of amides is 2. The summed E-state index contributed by atoms with van der Waals surface area (Å²) >= 11 is 0. The molecule has 0 fully saturated rings. The molecule has 1 atom stereocenters. The Morgan fingerprint density at radius 3 is 2.38 bits per heavy atom. The van der Waals surface area contributed by atoms with E-state index in [9.17, 15) is 18.0 Å². The van der Waals surface area contributed by atoms with Gasteiger partial charge in [-0.25, -0.2) is 8.42 Å². The fourth-order valence-corrected chi connectivity index (χ4v) is 4.38. The SMILES string of the molecule is CCC(C(=O)NC)N(Cc1cccc(C)c1)C(=O)CN(c1ccccc1OC)S(C)(=O)=O. The van der Waals surface area contributed by atoms with Crippen molar-refractivity contribution < 1.29 is 22.7 Å². The summed E-state index contributed by atoms with van der Waals surface area (Å²) in [5, 5.41) is 2.60. The highest BCUT2D eigenvalue weighted by Crippen LogP contribution is 2.29. The van der Waals surface area contributed by atoms with Crippen LogP contribution in [0.25, 0.3) is 0 Å². The average molecular weight is 462 g/mol. The smallest absolute Gasteiger partial charge is 0.244 e. The van der Waals surface area contributed by atoms with Crippen molar-refractivity contribution in [1.82, 2.24) is 10.2 Å². The third kappa shape index (κ3) is 6.23. The van der Waals surface area contributed by atoms with E-state index in [0.29, 0.717) is 12.2 Å². The predicted molar refractivity (Wildman–Crippen MR) is 125 cm³/mol. The Hall–Kier alpha value is -3.07. The summed E-state index contributed by atoms with van der Waals surface area (Å²) in [5.41, 5.74) is 2.13. The van der Waals surface area contributed by atoms with Crippen LogP contribution in [0, 0.1) is 6.92 Å². The molecule has 1 unspecified atom stereocenters. The number of carbonyl (C=O) groups is 2. The summed E-state index contributed by atoms with van der Waals surface area (Å²) < 4.78 is 31.5. The molecule has 32 heavy (non-hydrogen) atoms. The first-order valence-corrected chi connectivity index (χ1v) is 12.1. The molecule has 0 aliphatic carbocycles. The summed E-state index contributed by atoms with van der Waals surface area (Å²) in [6, 6.07) is 13.5. The van der Waals surface area contributed by atoms with Crippen molar-refractivity contribution in [3.05, 3.63) is 59.7 Å². The first-order valence-electron chi connectivity index (χ1n) is 10.3. The minimum Gasteiger partial charge on any atom is -0.495 e. The fourth-order valence-electron chi connectivity index (χ4n) is 3.52. The normalized spacial score (nSPS) is 12.0. The van der Waals surface area contributed by atoms with E-state index in [0.717, 1.165) is 21.7 Å². The van der Waals surface area contributed by atoms with Crippen molar-refractivity contribution in [2.45, 2.75) is 32.9 Å². The van der Waals surface area contributed by atoms with E-state index in [-0.39, 0.29) is 18.1 Å². The maximum Gasteiger partial charge on any atom is 0.244 e. The van der Waals surface area contributed by atoms with E-state index in [4.69, 9.17) is 4.74 Å². The van der Waals surface area contributed by atoms with Gasteiger partial charge in [0.25, 0.3) is 0 Å². The van der Waals surface area contributed by atoms with Gasteiger partial charge >= 0.3 is 0 Å². The molecule has 9 heteroatoms. The topological polar surface area (TPSA) is 96.0 Å². The largest absolute Gasteiger partial charge is 0.495 e. The molecule has 2 aromatic rings. The summed E-state index contributed by atoms with van der Waals surface area (Å²) in [4.78, 5) is 27.5. The Balaban J connectivity index is 2.47. The molecule has 0 aliphatic rings. The quantitative estimate of drug-likeness (QED) is 0.586. The zero-order valence-electron chi connectivity index (χ0n) is 19.2. The van der Waals surface area contributed by atoms with Crippen molar-refractivity contribution >= 4 is 27.5 Å². The van der Waals surface area contributed by atoms with Gasteiger partial charge in [0.15, 0.2) is 0 Å². The third-order valence-electron chi connectivity index (χ3n) is 5.10. The van der Waals surface area contributed by atoms with Crippen LogP contribution in [-0.4, -0.2) is 58.1 Å². The fraction of sp³-hybridized carbons (Fsp3) is 0.391. The second-order valence-corrected chi connectivity index (χ2v) is 9.40. The van der Waals surface area contributed by atoms with Crippen LogP contribution >= 0.6 is 0 Å². The van der Waals surface area contributed by atoms with Gasteiger partial charge in [0.05, 0.1) is 19.1 Å². The number of aryl methyl sites for hydroxylation is 1. The molecule has 2 amide bonds. The van der Waals surface area contributed by atoms with Crippen LogP contribution in [0.3, 0.4) is 0 Å². The molecule has 2 rings (SSSR count). The number of hydrogen-bond donors (Lipinski definition) is 1. The molecule has 0 saturated heterocycles. The Morgan fingerprint density at radius 1 is 1.12 bits per heavy atom. The van der Waals surface area contributed by atoms with Gasteiger partial charge in [-0.05, 0) is 31.0 Å². The maximum atomic E-state index is 13.5. The Morgan fingerprint density at radius 2 is 1.81 bits per heavy atom. The van der Waals surface area contributed by atoms with Gasteiger partial charge in [-0.1, -0.05) is 48.9 Å². The minimum atomic E-state index is -3.81. The molecule has 0 heterocycles. The number of likely N-dealkylation sites (N-methyl/N-ethyl adjacent to an activating group) is 1. The lowest BCUT2D eigenvalue weighted by molar-refractivity contribution is -0.140. The van der Waals surface area contributed by atoms with E-state index < -0.39 is 28.5 Å². The average Bonchev–Trinajstić information content (AvgIpc) is 2.76. The van der Waals surface area contributed by atoms with E-state index in [2.05, 4.69) is 5.32 Å². The van der Waals surface area contributed by atoms with E-state index in [1.165, 1.54) is 19.1 Å². The van der Waals surface area contributed by atoms with Crippen LogP contribution in [0.4, 0.5) is 5.69 Å². The van der Waals surface area contributed by atoms with Gasteiger partial charge in [0.2, 0.25) is 21.8 Å². The first-order chi connectivity index (χ1) is 15.1. The van der Waals surface area contributed by atoms with Crippen LogP contribution in [0.1, 0.15) is 24.5 Å². The lowest BCUT2D eigenvalue weighted by Crippen LogP contribution is -2.51. The number of hydrogen-bond acceptors (Lipinski definition) is 5. The number of para-hydroxylation sites is 2. The Labute approximate surface area is 190 Å². The van der Waals surface area contributed by atoms with Crippen LogP contribution < -0.4 is 14.4 Å². The number of sulfonamides is 1. The second-order valence-electron chi connectivity index (χ2n) is 7.49. The standard InChI is InChI=1S/C23H31N3O5S/c1-6-19(23(28)24-3)25(15-18-11-9-10-17(2)14-18)22(27)16-26(32(5,29)30)20-12-7-8-13-21(20)31-4/h7-14,19H,6,15-16H2,1-5H3,(H,24,28). The molecule has 0 radical (unpaired) electrons. The molecule has 0 aromatic heterocycles. The molecule has 2 aromatic carbocycles. The zero-order valence-corrected chi connectivity index (χ0v) is 20.0. The van der Waals surface area contributed by atoms with Crippen molar-refractivity contribution in [2.75, 3.05) is 31.3 Å². The number of ether oxygens (including phenoxy) is 1. The van der Waals surface area contributed by atoms with E-state index in [1.54, 1.807) is 24.3 Å². The number of carbonyl (C=O) groups excluding carboxylic acids is 2. The number of anilines is 1. The van der Waals surface area contributed by atoms with Crippen molar-refractivity contribution in [3.8, 4) is 5.75 Å². The Bertz CT molecular complexity index is 1060. The predicted octanol–water partition coefficient (Wildman–Crippen LogP) is 2.32. The second kappa shape index (κ2) is 11.0. The van der Waals surface area contributed by atoms with Crippen molar-refractivity contribution in [1.29, 1.82) is 0 Å². The van der Waals surface area contributed by atoms with Gasteiger partial charge in [-0.3, -0.25) is 13.9 Å². The molecule has 0 spiro atoms. The summed E-state index contributed by atoms with van der Waals surface area (Å²) in [6.45, 7) is 3.47. The number of methoxy groups -OCH3 is 1. The van der Waals surface area contributed by atoms with Gasteiger partial charge in [-0.15, -0.1) is 0 Å². The summed E-state index contributed by atoms with van der Waals surface area (Å²) in [7, 11) is -0.865. The van der Waals surface area contributed by atoms with Crippen molar-refractivity contribution in [3.63, 3.8) is 0 Å². The van der Waals surface area contributed by atoms with Crippen LogP contribution in [0.15, 0.2) is 48.5 Å². The maximum absolute atomic E-state index is 13.5. The molecule has 8 nitrogen and oxygen atoms in total. The van der Waals surface area contributed by atoms with Gasteiger partial charge in [-0.2, -0.15) is 0 Å². The summed E-state index contributed by atoms with van der Waals surface area (Å²) in [5.74, 6) is -0.468. The summed E-state index contributed by atoms with van der Waals surface area (Å²) in [6.07, 6.45) is 1.42. The molecule has 0 saturated carbocycles. The van der Waals surface area contributed by atoms with Crippen molar-refractivity contribution in [2.24, 2.45) is 0 Å². The van der Waals surface area contributed by atoms with Gasteiger partial charge < -0.3 is 15.0 Å².